The number of aliphatic carboxylic acids is 1. The van der Waals surface area contributed by atoms with Crippen LogP contribution in [0.1, 0.15) is 39.0 Å². The normalized spacial score (nSPS) is 10.1. The Bertz CT molecular complexity index is 115. The number of hydrogen-bond donors (Lipinski definition) is 0. The molecule has 0 aliphatic heterocycles. The van der Waals surface area contributed by atoms with E-state index in [0.29, 0.717) is 0 Å². The number of carboxylic acid groups (broad SMARTS) is 1. The van der Waals surface area contributed by atoms with Gasteiger partial charge in [0.25, 0.3) is 0 Å². The van der Waals surface area contributed by atoms with Crippen LogP contribution in [0.4, 0.5) is 0 Å². The summed E-state index contributed by atoms with van der Waals surface area (Å²) in [4.78, 5) is 10.0. The van der Waals surface area contributed by atoms with Gasteiger partial charge in [-0.1, -0.05) is 13.3 Å². The highest BCUT2D eigenvalue weighted by molar-refractivity contribution is 7.99. The Morgan fingerprint density at radius 1 is 1.25 bits per heavy atom. The van der Waals surface area contributed by atoms with Gasteiger partial charge in [0.05, 0.1) is 0 Å². The first kappa shape index (κ1) is 11.8. The fourth-order valence-electron chi connectivity index (χ4n) is 0.822. The number of hydrogen-bond acceptors (Lipinski definition) is 3. The standard InChI is InChI=1S/C9H18O2S/c1-2-3-7-12-8-5-4-6-9(10)11/h2-8H2,1H3,(H,10,11)/p-1. The molecule has 0 amide bonds. The van der Waals surface area contributed by atoms with Crippen molar-refractivity contribution in [2.45, 2.75) is 39.0 Å². The Morgan fingerprint density at radius 2 is 1.92 bits per heavy atom. The number of carbonyl (C=O) groups excluding carboxylic acids is 1. The minimum Gasteiger partial charge on any atom is -0.550 e. The van der Waals surface area contributed by atoms with Gasteiger partial charge in [-0.05, 0) is 37.2 Å². The van der Waals surface area contributed by atoms with Crippen molar-refractivity contribution in [3.8, 4) is 0 Å². The van der Waals surface area contributed by atoms with Gasteiger partial charge in [-0.25, -0.2) is 0 Å². The number of carboxylic acids is 1. The van der Waals surface area contributed by atoms with Crippen molar-refractivity contribution in [2.75, 3.05) is 11.5 Å². The molecular weight excluding hydrogens is 172 g/mol. The summed E-state index contributed by atoms with van der Waals surface area (Å²) in [5, 5.41) is 10.0. The van der Waals surface area contributed by atoms with E-state index >= 15 is 0 Å². The zero-order valence-corrected chi connectivity index (χ0v) is 8.49. The van der Waals surface area contributed by atoms with Gasteiger partial charge in [0.1, 0.15) is 0 Å². The monoisotopic (exact) mass is 189 g/mol. The Morgan fingerprint density at radius 3 is 2.50 bits per heavy atom. The SMILES string of the molecule is CCCCSCCCCC(=O)[O-]. The Balaban J connectivity index is 2.86. The quantitative estimate of drug-likeness (QED) is 0.542. The summed E-state index contributed by atoms with van der Waals surface area (Å²) in [6, 6.07) is 0. The Kier molecular flexibility index (Phi) is 8.78. The molecule has 0 aromatic heterocycles. The van der Waals surface area contributed by atoms with Crippen LogP contribution in [0.2, 0.25) is 0 Å². The van der Waals surface area contributed by atoms with Crippen LogP contribution in [-0.2, 0) is 4.79 Å². The number of thioether (sulfide) groups is 1. The van der Waals surface area contributed by atoms with Gasteiger partial charge in [0.15, 0.2) is 0 Å². The molecule has 0 saturated carbocycles. The molecule has 0 rings (SSSR count). The van der Waals surface area contributed by atoms with E-state index in [1.54, 1.807) is 0 Å². The van der Waals surface area contributed by atoms with Gasteiger partial charge in [-0.3, -0.25) is 0 Å². The summed E-state index contributed by atoms with van der Waals surface area (Å²) in [7, 11) is 0. The van der Waals surface area contributed by atoms with Crippen LogP contribution in [-0.4, -0.2) is 17.5 Å². The summed E-state index contributed by atoms with van der Waals surface area (Å²) in [5.41, 5.74) is 0. The first-order valence-electron chi connectivity index (χ1n) is 4.55. The van der Waals surface area contributed by atoms with E-state index in [2.05, 4.69) is 6.92 Å². The second-order valence-electron chi connectivity index (χ2n) is 2.80. The van der Waals surface area contributed by atoms with Crippen LogP contribution in [0.15, 0.2) is 0 Å². The first-order valence-corrected chi connectivity index (χ1v) is 5.70. The molecule has 0 aromatic carbocycles. The molecule has 3 heteroatoms. The minimum atomic E-state index is -0.923. The van der Waals surface area contributed by atoms with E-state index in [0.717, 1.165) is 18.6 Å². The summed E-state index contributed by atoms with van der Waals surface area (Å²) in [6.45, 7) is 2.18. The fraction of sp³-hybridized carbons (Fsp3) is 0.889. The van der Waals surface area contributed by atoms with Crippen molar-refractivity contribution in [1.82, 2.24) is 0 Å². The van der Waals surface area contributed by atoms with Crippen molar-refractivity contribution in [2.24, 2.45) is 0 Å². The summed E-state index contributed by atoms with van der Waals surface area (Å²) >= 11 is 1.92. The maximum absolute atomic E-state index is 10.0. The molecule has 0 heterocycles. The molecule has 0 aromatic rings. The maximum Gasteiger partial charge on any atom is 0.0414 e. The lowest BCUT2D eigenvalue weighted by Crippen LogP contribution is -2.21. The third kappa shape index (κ3) is 9.82. The number of rotatable bonds is 8. The van der Waals surface area contributed by atoms with Gasteiger partial charge < -0.3 is 9.90 Å². The number of carbonyl (C=O) groups is 1. The molecule has 0 aliphatic rings. The van der Waals surface area contributed by atoms with Gasteiger partial charge in [-0.2, -0.15) is 11.8 Å². The highest BCUT2D eigenvalue weighted by atomic mass is 32.2. The smallest absolute Gasteiger partial charge is 0.0414 e. The molecule has 0 atom stereocenters. The van der Waals surface area contributed by atoms with Gasteiger partial charge >= 0.3 is 0 Å². The predicted molar refractivity (Wildman–Crippen MR) is 51.1 cm³/mol. The summed E-state index contributed by atoms with van der Waals surface area (Å²) in [6.07, 6.45) is 4.50. The molecule has 12 heavy (non-hydrogen) atoms. The average molecular weight is 189 g/mol. The van der Waals surface area contributed by atoms with Crippen molar-refractivity contribution < 1.29 is 9.90 Å². The van der Waals surface area contributed by atoms with E-state index in [9.17, 15) is 9.90 Å². The van der Waals surface area contributed by atoms with E-state index in [1.807, 2.05) is 11.8 Å². The Hall–Kier alpha value is -0.180. The fourth-order valence-corrected chi connectivity index (χ4v) is 1.93. The molecule has 0 radical (unpaired) electrons. The average Bonchev–Trinajstić information content (AvgIpc) is 2.02. The lowest BCUT2D eigenvalue weighted by atomic mass is 10.3. The van der Waals surface area contributed by atoms with Crippen LogP contribution in [0, 0.1) is 0 Å². The summed E-state index contributed by atoms with van der Waals surface area (Å²) in [5.74, 6) is 1.38. The highest BCUT2D eigenvalue weighted by Crippen LogP contribution is 2.08. The molecule has 0 spiro atoms. The second kappa shape index (κ2) is 8.91. The van der Waals surface area contributed by atoms with E-state index in [-0.39, 0.29) is 6.42 Å². The van der Waals surface area contributed by atoms with E-state index in [4.69, 9.17) is 0 Å². The topological polar surface area (TPSA) is 40.1 Å². The lowest BCUT2D eigenvalue weighted by molar-refractivity contribution is -0.305. The van der Waals surface area contributed by atoms with Gasteiger partial charge in [0.2, 0.25) is 0 Å². The van der Waals surface area contributed by atoms with Gasteiger partial charge in [0, 0.05) is 5.97 Å². The van der Waals surface area contributed by atoms with Crippen LogP contribution >= 0.6 is 11.8 Å². The lowest BCUT2D eigenvalue weighted by Gasteiger charge is -2.01. The molecule has 0 saturated heterocycles. The molecule has 0 bridgehead atoms. The van der Waals surface area contributed by atoms with Crippen LogP contribution < -0.4 is 5.11 Å². The van der Waals surface area contributed by atoms with E-state index in [1.165, 1.54) is 18.6 Å². The second-order valence-corrected chi connectivity index (χ2v) is 4.02. The predicted octanol–water partition coefficient (Wildman–Crippen LogP) is 1.44. The van der Waals surface area contributed by atoms with Gasteiger partial charge in [-0.15, -0.1) is 0 Å². The Labute approximate surface area is 78.7 Å². The van der Waals surface area contributed by atoms with E-state index < -0.39 is 5.97 Å². The molecule has 0 N–H and O–H groups in total. The highest BCUT2D eigenvalue weighted by Gasteiger charge is 1.90. The summed E-state index contributed by atoms with van der Waals surface area (Å²) < 4.78 is 0. The van der Waals surface area contributed by atoms with Crippen LogP contribution in [0.25, 0.3) is 0 Å². The van der Waals surface area contributed by atoms with Crippen LogP contribution in [0.5, 0.6) is 0 Å². The molecule has 0 unspecified atom stereocenters. The molecule has 0 fully saturated rings. The molecular formula is C9H17O2S-. The number of unbranched alkanes of at least 4 members (excludes halogenated alkanes) is 2. The molecule has 72 valence electrons. The zero-order chi connectivity index (χ0) is 9.23. The van der Waals surface area contributed by atoms with Crippen LogP contribution in [0.3, 0.4) is 0 Å². The molecule has 0 aliphatic carbocycles. The van der Waals surface area contributed by atoms with Crippen molar-refractivity contribution in [3.05, 3.63) is 0 Å². The van der Waals surface area contributed by atoms with Crippen molar-refractivity contribution in [3.63, 3.8) is 0 Å². The largest absolute Gasteiger partial charge is 0.550 e. The molecule has 2 nitrogen and oxygen atoms in total. The third-order valence-corrected chi connectivity index (χ3v) is 2.72. The van der Waals surface area contributed by atoms with Crippen molar-refractivity contribution in [1.29, 1.82) is 0 Å². The minimum absolute atomic E-state index is 0.217. The van der Waals surface area contributed by atoms with Crippen molar-refractivity contribution >= 4 is 17.7 Å². The maximum atomic E-state index is 10.0. The third-order valence-electron chi connectivity index (χ3n) is 1.56. The zero-order valence-electron chi connectivity index (χ0n) is 7.67. The first-order chi connectivity index (χ1) is 5.77.